The molecule has 1 atom stereocenters. The molecule has 8 nitrogen and oxygen atoms in total. The van der Waals surface area contributed by atoms with Crippen LogP contribution in [0.15, 0.2) is 17.2 Å². The fraction of sp³-hybridized carbons (Fsp3) is 0.500. The summed E-state index contributed by atoms with van der Waals surface area (Å²) < 4.78 is 28.1. The first-order chi connectivity index (χ1) is 9.67. The van der Waals surface area contributed by atoms with E-state index in [2.05, 4.69) is 4.72 Å². The molecule has 1 heterocycles. The van der Waals surface area contributed by atoms with Crippen LogP contribution in [0.2, 0.25) is 0 Å². The number of rotatable bonds is 8. The van der Waals surface area contributed by atoms with Crippen LogP contribution in [0.25, 0.3) is 0 Å². The van der Waals surface area contributed by atoms with E-state index in [1.807, 2.05) is 6.92 Å². The number of carbonyl (C=O) groups is 2. The van der Waals surface area contributed by atoms with Crippen LogP contribution in [0.4, 0.5) is 0 Å². The second-order valence-corrected chi connectivity index (χ2v) is 6.45. The zero-order valence-corrected chi connectivity index (χ0v) is 12.7. The number of nitrogens with zero attached hydrogens (tertiary/aromatic N) is 1. The van der Waals surface area contributed by atoms with E-state index in [0.29, 0.717) is 12.8 Å². The molecule has 0 saturated heterocycles. The van der Waals surface area contributed by atoms with Crippen molar-refractivity contribution in [1.82, 2.24) is 9.29 Å². The molecule has 1 aromatic rings. The molecule has 0 bridgehead atoms. The highest BCUT2D eigenvalue weighted by Gasteiger charge is 2.24. The van der Waals surface area contributed by atoms with Gasteiger partial charge in [-0.2, -0.15) is 0 Å². The van der Waals surface area contributed by atoms with Gasteiger partial charge in [0.25, 0.3) is 5.91 Å². The predicted molar refractivity (Wildman–Crippen MR) is 75.2 cm³/mol. The van der Waals surface area contributed by atoms with Gasteiger partial charge in [-0.3, -0.25) is 9.59 Å². The Bertz CT molecular complexity index is 635. The van der Waals surface area contributed by atoms with Crippen LogP contribution >= 0.6 is 0 Å². The number of hydrogen-bond acceptors (Lipinski definition) is 4. The number of aryl methyl sites for hydroxylation is 1. The van der Waals surface area contributed by atoms with Crippen molar-refractivity contribution in [3.05, 3.63) is 18.0 Å². The van der Waals surface area contributed by atoms with Crippen molar-refractivity contribution >= 4 is 21.9 Å². The number of primary amides is 1. The van der Waals surface area contributed by atoms with Gasteiger partial charge in [-0.15, -0.1) is 0 Å². The summed E-state index contributed by atoms with van der Waals surface area (Å²) in [6.45, 7) is 1.83. The van der Waals surface area contributed by atoms with Crippen molar-refractivity contribution in [2.45, 2.75) is 37.1 Å². The zero-order valence-electron chi connectivity index (χ0n) is 11.9. The highest BCUT2D eigenvalue weighted by atomic mass is 32.2. The maximum Gasteiger partial charge on any atom is 0.304 e. The largest absolute Gasteiger partial charge is 0.481 e. The third-order valence-corrected chi connectivity index (χ3v) is 4.41. The first-order valence-corrected chi connectivity index (χ1v) is 7.86. The Morgan fingerprint density at radius 2 is 2.10 bits per heavy atom. The first kappa shape index (κ1) is 17.2. The Morgan fingerprint density at radius 1 is 1.48 bits per heavy atom. The molecule has 0 aliphatic carbocycles. The van der Waals surface area contributed by atoms with E-state index in [1.165, 1.54) is 17.8 Å². The van der Waals surface area contributed by atoms with E-state index < -0.39 is 27.9 Å². The highest BCUT2D eigenvalue weighted by molar-refractivity contribution is 7.89. The molecule has 1 aromatic heterocycles. The Kier molecular flexibility index (Phi) is 5.50. The number of nitrogens with two attached hydrogens (primary N) is 1. The molecule has 0 saturated carbocycles. The van der Waals surface area contributed by atoms with Gasteiger partial charge in [0.15, 0.2) is 0 Å². The lowest BCUT2D eigenvalue weighted by Gasteiger charge is -2.15. The maximum atomic E-state index is 12.2. The number of aliphatic carboxylic acids is 1. The highest BCUT2D eigenvalue weighted by Crippen LogP contribution is 2.15. The number of carboxylic acid groups (broad SMARTS) is 1. The van der Waals surface area contributed by atoms with E-state index in [4.69, 9.17) is 10.8 Å². The maximum absolute atomic E-state index is 12.2. The second kappa shape index (κ2) is 6.72. The summed E-state index contributed by atoms with van der Waals surface area (Å²) in [4.78, 5) is 21.8. The minimum atomic E-state index is -3.90. The molecule has 1 amide bonds. The molecule has 4 N–H and O–H groups in total. The third-order valence-electron chi connectivity index (χ3n) is 2.92. The lowest BCUT2D eigenvalue weighted by molar-refractivity contribution is -0.137. The summed E-state index contributed by atoms with van der Waals surface area (Å²) in [5, 5.41) is 8.80. The molecule has 0 spiro atoms. The molecule has 21 heavy (non-hydrogen) atoms. The van der Waals surface area contributed by atoms with Gasteiger partial charge in [-0.05, 0) is 12.5 Å². The van der Waals surface area contributed by atoms with Crippen molar-refractivity contribution in [1.29, 1.82) is 0 Å². The average molecular weight is 317 g/mol. The standard InChI is InChI=1S/C12H19N3O5S/c1-3-4-8(5-11(16)17)14-21(19,20)9-6-10(12(13)18)15(2)7-9/h6-8,14H,3-5H2,1-2H3,(H2,13,18)(H,16,17). The van der Waals surface area contributed by atoms with Crippen LogP contribution < -0.4 is 10.5 Å². The minimum Gasteiger partial charge on any atom is -0.481 e. The number of aromatic nitrogens is 1. The molecule has 0 aliphatic rings. The second-order valence-electron chi connectivity index (χ2n) is 4.74. The van der Waals surface area contributed by atoms with Crippen LogP contribution in [0.3, 0.4) is 0 Å². The van der Waals surface area contributed by atoms with Gasteiger partial charge in [-0.25, -0.2) is 13.1 Å². The molecular weight excluding hydrogens is 298 g/mol. The molecule has 0 aromatic carbocycles. The van der Waals surface area contributed by atoms with Crippen LogP contribution in [0.5, 0.6) is 0 Å². The van der Waals surface area contributed by atoms with Crippen molar-refractivity contribution in [2.75, 3.05) is 0 Å². The SMILES string of the molecule is CCCC(CC(=O)O)NS(=O)(=O)c1cc(C(N)=O)n(C)c1. The predicted octanol–water partition coefficient (Wildman–Crippen LogP) is 0.0457. The van der Waals surface area contributed by atoms with E-state index in [9.17, 15) is 18.0 Å². The fourth-order valence-corrected chi connectivity index (χ4v) is 3.32. The smallest absolute Gasteiger partial charge is 0.304 e. The number of carbonyl (C=O) groups excluding carboxylic acids is 1. The van der Waals surface area contributed by atoms with Crippen molar-refractivity contribution in [2.24, 2.45) is 12.8 Å². The van der Waals surface area contributed by atoms with Gasteiger partial charge >= 0.3 is 5.97 Å². The van der Waals surface area contributed by atoms with Crippen molar-refractivity contribution < 1.29 is 23.1 Å². The fourth-order valence-electron chi connectivity index (χ4n) is 1.98. The zero-order chi connectivity index (χ0) is 16.2. The summed E-state index contributed by atoms with van der Waals surface area (Å²) in [6.07, 6.45) is 2.00. The van der Waals surface area contributed by atoms with Crippen molar-refractivity contribution in [3.63, 3.8) is 0 Å². The van der Waals surface area contributed by atoms with Crippen molar-refractivity contribution in [3.8, 4) is 0 Å². The molecule has 1 unspecified atom stereocenters. The Morgan fingerprint density at radius 3 is 2.52 bits per heavy atom. The summed E-state index contributed by atoms with van der Waals surface area (Å²) in [7, 11) is -2.40. The van der Waals surface area contributed by atoms with Gasteiger partial charge in [0.1, 0.15) is 10.6 Å². The van der Waals surface area contributed by atoms with Crippen LogP contribution in [-0.4, -0.2) is 36.0 Å². The first-order valence-electron chi connectivity index (χ1n) is 6.37. The van der Waals surface area contributed by atoms with E-state index in [0.717, 1.165) is 6.07 Å². The van der Waals surface area contributed by atoms with E-state index in [-0.39, 0.29) is 17.0 Å². The van der Waals surface area contributed by atoms with Gasteiger partial charge in [0, 0.05) is 19.3 Å². The number of nitrogens with one attached hydrogen (secondary N) is 1. The number of amides is 1. The summed E-state index contributed by atoms with van der Waals surface area (Å²) in [5.74, 6) is -1.82. The summed E-state index contributed by atoms with van der Waals surface area (Å²) >= 11 is 0. The number of sulfonamides is 1. The van der Waals surface area contributed by atoms with Gasteiger partial charge in [0.2, 0.25) is 10.0 Å². The Hall–Kier alpha value is -1.87. The average Bonchev–Trinajstić information content (AvgIpc) is 2.71. The van der Waals surface area contributed by atoms with Crippen LogP contribution in [-0.2, 0) is 21.9 Å². The van der Waals surface area contributed by atoms with Gasteiger partial charge in [-0.1, -0.05) is 13.3 Å². The third kappa shape index (κ3) is 4.57. The van der Waals surface area contributed by atoms with Crippen LogP contribution in [0.1, 0.15) is 36.7 Å². The Labute approximate surface area is 123 Å². The molecule has 118 valence electrons. The molecule has 1 rings (SSSR count). The minimum absolute atomic E-state index is 0.0562. The molecule has 9 heteroatoms. The quantitative estimate of drug-likeness (QED) is 0.623. The van der Waals surface area contributed by atoms with E-state index >= 15 is 0 Å². The number of hydrogen-bond donors (Lipinski definition) is 3. The summed E-state index contributed by atoms with van der Waals surface area (Å²) in [5.41, 5.74) is 5.19. The molecule has 0 aliphatic heterocycles. The number of carboxylic acids is 1. The van der Waals surface area contributed by atoms with Gasteiger partial charge in [0.05, 0.1) is 6.42 Å². The molecule has 0 radical (unpaired) electrons. The van der Waals surface area contributed by atoms with Gasteiger partial charge < -0.3 is 15.4 Å². The lowest BCUT2D eigenvalue weighted by atomic mass is 10.1. The lowest BCUT2D eigenvalue weighted by Crippen LogP contribution is -2.36. The molecule has 0 fully saturated rings. The summed E-state index contributed by atoms with van der Waals surface area (Å²) in [6, 6.07) is 0.462. The Balaban J connectivity index is 3.01. The van der Waals surface area contributed by atoms with E-state index in [1.54, 1.807) is 0 Å². The topological polar surface area (TPSA) is 131 Å². The van der Waals surface area contributed by atoms with Crippen LogP contribution in [0, 0.1) is 0 Å². The molecular formula is C12H19N3O5S. The normalized spacial score (nSPS) is 13.0. The monoisotopic (exact) mass is 317 g/mol.